The number of rotatable bonds is 6. The van der Waals surface area contributed by atoms with E-state index < -0.39 is 74.4 Å². The summed E-state index contributed by atoms with van der Waals surface area (Å²) in [5.41, 5.74) is 0. The molecule has 7 N–H and O–H groups in total. The van der Waals surface area contributed by atoms with Crippen LogP contribution in [0.4, 0.5) is 0 Å². The topological polar surface area (TPSA) is 186 Å². The molecule has 11 heteroatoms. The van der Waals surface area contributed by atoms with Crippen molar-refractivity contribution >= 4 is 5.78 Å². The van der Waals surface area contributed by atoms with Crippen molar-refractivity contribution in [3.05, 3.63) is 0 Å². The van der Waals surface area contributed by atoms with Gasteiger partial charge in [-0.1, -0.05) is 0 Å². The first-order valence-electron chi connectivity index (χ1n) is 8.29. The Balaban J connectivity index is 2.12. The minimum absolute atomic E-state index is 0.179. The van der Waals surface area contributed by atoms with Crippen LogP contribution >= 0.6 is 0 Å². The van der Waals surface area contributed by atoms with Crippen molar-refractivity contribution in [1.29, 1.82) is 0 Å². The molecular weight excluding hydrogens is 356 g/mol. The Morgan fingerprint density at radius 1 is 0.808 bits per heavy atom. The molecule has 0 aromatic carbocycles. The third-order valence-corrected chi connectivity index (χ3v) is 4.59. The molecule has 2 saturated heterocycles. The number of ketones is 1. The maximum Gasteiger partial charge on any atom is 0.187 e. The van der Waals surface area contributed by atoms with E-state index in [1.165, 1.54) is 6.92 Å². The molecule has 0 saturated carbocycles. The highest BCUT2D eigenvalue weighted by Crippen LogP contribution is 2.30. The molecule has 2 heterocycles. The highest BCUT2D eigenvalue weighted by Gasteiger charge is 2.50. The van der Waals surface area contributed by atoms with Gasteiger partial charge in [-0.25, -0.2) is 0 Å². The third-order valence-electron chi connectivity index (χ3n) is 4.59. The summed E-state index contributed by atoms with van der Waals surface area (Å²) in [6.45, 7) is -0.00546. The van der Waals surface area contributed by atoms with E-state index in [9.17, 15) is 40.5 Å². The molecule has 0 radical (unpaired) electrons. The van der Waals surface area contributed by atoms with E-state index in [2.05, 4.69) is 0 Å². The van der Waals surface area contributed by atoms with E-state index in [0.717, 1.165) is 0 Å². The fraction of sp³-hybridized carbons (Fsp3) is 0.933. The molecular formula is C15H26O11. The summed E-state index contributed by atoms with van der Waals surface area (Å²) in [4.78, 5) is 11.2. The minimum atomic E-state index is -1.72. The molecule has 11 nitrogen and oxygen atoms in total. The molecule has 0 spiro atoms. The summed E-state index contributed by atoms with van der Waals surface area (Å²) in [7, 11) is 0. The highest BCUT2D eigenvalue weighted by atomic mass is 16.7. The lowest BCUT2D eigenvalue weighted by Crippen LogP contribution is -2.64. The van der Waals surface area contributed by atoms with Gasteiger partial charge in [0.05, 0.1) is 19.3 Å². The van der Waals surface area contributed by atoms with E-state index >= 15 is 0 Å². The summed E-state index contributed by atoms with van der Waals surface area (Å²) < 4.78 is 16.0. The number of carbonyl (C=O) groups excluding carboxylic acids is 1. The molecule has 152 valence electrons. The fourth-order valence-electron chi connectivity index (χ4n) is 3.12. The largest absolute Gasteiger partial charge is 0.394 e. The molecule has 0 aromatic rings. The van der Waals surface area contributed by atoms with Gasteiger partial charge in [-0.3, -0.25) is 4.79 Å². The Hall–Kier alpha value is -0.730. The van der Waals surface area contributed by atoms with Crippen LogP contribution in [0.5, 0.6) is 0 Å². The number of hydrogen-bond acceptors (Lipinski definition) is 11. The van der Waals surface area contributed by atoms with Crippen molar-refractivity contribution in [2.45, 2.75) is 74.6 Å². The SMILES string of the molecule is CC(=O)CC1OC(CO)C(OC2OC(CO)C(O)C(O)C2O)C(O)C1O. The van der Waals surface area contributed by atoms with Crippen molar-refractivity contribution in [1.82, 2.24) is 0 Å². The monoisotopic (exact) mass is 382 g/mol. The highest BCUT2D eigenvalue weighted by molar-refractivity contribution is 5.76. The molecule has 2 fully saturated rings. The van der Waals surface area contributed by atoms with Crippen LogP contribution in [0.3, 0.4) is 0 Å². The van der Waals surface area contributed by atoms with Crippen molar-refractivity contribution < 1.29 is 54.8 Å². The fourth-order valence-corrected chi connectivity index (χ4v) is 3.12. The second-order valence-electron chi connectivity index (χ2n) is 6.58. The third kappa shape index (κ3) is 4.39. The van der Waals surface area contributed by atoms with E-state index in [-0.39, 0.29) is 12.2 Å². The van der Waals surface area contributed by atoms with E-state index in [1.54, 1.807) is 0 Å². The Kier molecular flexibility index (Phi) is 7.44. The quantitative estimate of drug-likeness (QED) is 0.235. The smallest absolute Gasteiger partial charge is 0.187 e. The van der Waals surface area contributed by atoms with E-state index in [4.69, 9.17) is 14.2 Å². The van der Waals surface area contributed by atoms with Gasteiger partial charge in [0.2, 0.25) is 0 Å². The Morgan fingerprint density at radius 3 is 1.92 bits per heavy atom. The summed E-state index contributed by atoms with van der Waals surface area (Å²) in [6, 6.07) is 0. The second kappa shape index (κ2) is 8.97. The van der Waals surface area contributed by atoms with Gasteiger partial charge >= 0.3 is 0 Å². The molecule has 0 amide bonds. The maximum atomic E-state index is 11.2. The Labute approximate surface area is 149 Å². The normalized spacial score (nSPS) is 46.9. The van der Waals surface area contributed by atoms with Crippen LogP contribution in [0.2, 0.25) is 0 Å². The summed E-state index contributed by atoms with van der Waals surface area (Å²) in [6.07, 6.45) is -14.6. The first kappa shape index (κ1) is 21.6. The van der Waals surface area contributed by atoms with Crippen LogP contribution in [0.1, 0.15) is 13.3 Å². The molecule has 0 aromatic heterocycles. The molecule has 0 bridgehead atoms. The average molecular weight is 382 g/mol. The van der Waals surface area contributed by atoms with E-state index in [0.29, 0.717) is 0 Å². The van der Waals surface area contributed by atoms with Crippen LogP contribution in [-0.2, 0) is 19.0 Å². The van der Waals surface area contributed by atoms with Crippen LogP contribution in [0.25, 0.3) is 0 Å². The van der Waals surface area contributed by atoms with Gasteiger partial charge < -0.3 is 50.0 Å². The summed E-state index contributed by atoms with van der Waals surface area (Å²) in [5, 5.41) is 68.6. The molecule has 2 aliphatic heterocycles. The van der Waals surface area contributed by atoms with Gasteiger partial charge in [-0.05, 0) is 6.92 Å². The Morgan fingerprint density at radius 2 is 1.38 bits per heavy atom. The lowest BCUT2D eigenvalue weighted by Gasteiger charge is -2.46. The number of Topliss-reactive ketones (excluding diaryl/α,β-unsaturated/α-hetero) is 1. The predicted molar refractivity (Wildman–Crippen MR) is 81.7 cm³/mol. The van der Waals surface area contributed by atoms with E-state index in [1.807, 2.05) is 0 Å². The first-order chi connectivity index (χ1) is 12.2. The lowest BCUT2D eigenvalue weighted by atomic mass is 9.92. The van der Waals surface area contributed by atoms with Gasteiger partial charge in [0.25, 0.3) is 0 Å². The van der Waals surface area contributed by atoms with Gasteiger partial charge in [0, 0.05) is 6.42 Å². The summed E-state index contributed by atoms with van der Waals surface area (Å²) in [5.74, 6) is -0.286. The minimum Gasteiger partial charge on any atom is -0.394 e. The Bertz CT molecular complexity index is 471. The number of aliphatic hydroxyl groups is 7. The zero-order valence-corrected chi connectivity index (χ0v) is 14.2. The first-order valence-corrected chi connectivity index (χ1v) is 8.29. The number of hydrogen-bond donors (Lipinski definition) is 7. The lowest BCUT2D eigenvalue weighted by molar-refractivity contribution is -0.341. The van der Waals surface area contributed by atoms with Crippen molar-refractivity contribution in [3.63, 3.8) is 0 Å². The van der Waals surface area contributed by atoms with Crippen LogP contribution in [0.15, 0.2) is 0 Å². The van der Waals surface area contributed by atoms with Crippen LogP contribution < -0.4 is 0 Å². The molecule has 10 atom stereocenters. The molecule has 2 aliphatic rings. The van der Waals surface area contributed by atoms with Crippen molar-refractivity contribution in [2.24, 2.45) is 0 Å². The standard InChI is InChI=1S/C15H26O11/c1-5(18)2-6-9(19)12(22)14(8(4-17)24-6)26-15-13(23)11(21)10(20)7(3-16)25-15/h6-17,19-23H,2-4H2,1H3. The molecule has 26 heavy (non-hydrogen) atoms. The predicted octanol–water partition coefficient (Wildman–Crippen LogP) is -4.37. The number of aliphatic hydroxyl groups excluding tert-OH is 7. The molecule has 10 unspecified atom stereocenters. The summed E-state index contributed by atoms with van der Waals surface area (Å²) >= 11 is 0. The van der Waals surface area contributed by atoms with Crippen LogP contribution in [-0.4, -0.2) is 116 Å². The van der Waals surface area contributed by atoms with Gasteiger partial charge in [0.1, 0.15) is 54.6 Å². The van der Waals surface area contributed by atoms with Gasteiger partial charge in [0.15, 0.2) is 6.29 Å². The zero-order chi connectivity index (χ0) is 19.6. The van der Waals surface area contributed by atoms with Crippen molar-refractivity contribution in [2.75, 3.05) is 13.2 Å². The zero-order valence-electron chi connectivity index (χ0n) is 14.2. The second-order valence-corrected chi connectivity index (χ2v) is 6.58. The number of carbonyl (C=O) groups is 1. The van der Waals surface area contributed by atoms with Crippen molar-refractivity contribution in [3.8, 4) is 0 Å². The van der Waals surface area contributed by atoms with Gasteiger partial charge in [-0.2, -0.15) is 0 Å². The van der Waals surface area contributed by atoms with Gasteiger partial charge in [-0.15, -0.1) is 0 Å². The maximum absolute atomic E-state index is 11.2. The number of ether oxygens (including phenoxy) is 3. The molecule has 2 rings (SSSR count). The van der Waals surface area contributed by atoms with Crippen LogP contribution in [0, 0.1) is 0 Å². The average Bonchev–Trinajstić information content (AvgIpc) is 2.60. The molecule has 0 aliphatic carbocycles.